The number of aromatic amines is 1. The van der Waals surface area contributed by atoms with Crippen molar-refractivity contribution in [2.75, 3.05) is 5.73 Å². The van der Waals surface area contributed by atoms with E-state index in [0.29, 0.717) is 22.6 Å². The van der Waals surface area contributed by atoms with Gasteiger partial charge in [0.15, 0.2) is 0 Å². The van der Waals surface area contributed by atoms with E-state index in [1.54, 1.807) is 12.3 Å². The Labute approximate surface area is 156 Å². The molecule has 1 aromatic heterocycles. The molecular weight excluding hydrogens is 336 g/mol. The van der Waals surface area contributed by atoms with Gasteiger partial charge in [0.25, 0.3) is 5.56 Å². The maximum Gasteiger partial charge on any atom is 0.280 e. The molecule has 27 heavy (non-hydrogen) atoms. The summed E-state index contributed by atoms with van der Waals surface area (Å²) < 4.78 is 1.50. The first kappa shape index (κ1) is 16.6. The van der Waals surface area contributed by atoms with Gasteiger partial charge in [-0.15, -0.1) is 0 Å². The van der Waals surface area contributed by atoms with Gasteiger partial charge < -0.3 is 5.73 Å². The highest BCUT2D eigenvalue weighted by Crippen LogP contribution is 2.23. The van der Waals surface area contributed by atoms with Crippen molar-refractivity contribution in [3.8, 4) is 5.69 Å². The lowest BCUT2D eigenvalue weighted by atomic mass is 10.0. The minimum atomic E-state index is -0.168. The number of nitrogen functional groups attached to an aromatic ring is 1. The average Bonchev–Trinajstić information content (AvgIpc) is 3.10. The molecular formula is C22H18N4O. The van der Waals surface area contributed by atoms with Gasteiger partial charge in [0.2, 0.25) is 0 Å². The summed E-state index contributed by atoms with van der Waals surface area (Å²) in [6.07, 6.45) is 1.68. The van der Waals surface area contributed by atoms with Crippen molar-refractivity contribution >= 4 is 17.1 Å². The third-order valence-electron chi connectivity index (χ3n) is 4.26. The van der Waals surface area contributed by atoms with Gasteiger partial charge in [-0.3, -0.25) is 9.89 Å². The number of nitrogens with zero attached hydrogens (tertiary/aromatic N) is 2. The van der Waals surface area contributed by atoms with E-state index in [2.05, 4.69) is 5.10 Å². The Morgan fingerprint density at radius 3 is 2.19 bits per heavy atom. The van der Waals surface area contributed by atoms with Gasteiger partial charge in [0.05, 0.1) is 28.3 Å². The second-order valence-corrected chi connectivity index (χ2v) is 6.05. The lowest BCUT2D eigenvalue weighted by Gasteiger charge is -2.06. The highest BCUT2D eigenvalue weighted by atomic mass is 16.1. The Morgan fingerprint density at radius 2 is 1.48 bits per heavy atom. The van der Waals surface area contributed by atoms with E-state index in [4.69, 9.17) is 10.7 Å². The highest BCUT2D eigenvalue weighted by Gasteiger charge is 2.16. The molecule has 0 unspecified atom stereocenters. The van der Waals surface area contributed by atoms with E-state index >= 15 is 0 Å². The number of hydrogen-bond donors (Lipinski definition) is 2. The maximum absolute atomic E-state index is 13.1. The fraction of sp³-hybridized carbons (Fsp3) is 0. The fourth-order valence-corrected chi connectivity index (χ4v) is 2.89. The van der Waals surface area contributed by atoms with Gasteiger partial charge in [-0.25, -0.2) is 9.67 Å². The summed E-state index contributed by atoms with van der Waals surface area (Å²) in [5.74, 6) is 0. The first-order chi connectivity index (χ1) is 13.2. The Kier molecular flexibility index (Phi) is 4.41. The number of nitrogens with one attached hydrogen (secondary N) is 1. The van der Waals surface area contributed by atoms with Crippen LogP contribution in [0, 0.1) is 0 Å². The first-order valence-electron chi connectivity index (χ1n) is 8.59. The van der Waals surface area contributed by atoms with Crippen LogP contribution in [-0.2, 0) is 0 Å². The Hall–Kier alpha value is -3.86. The van der Waals surface area contributed by atoms with Crippen LogP contribution in [0.5, 0.6) is 0 Å². The van der Waals surface area contributed by atoms with Gasteiger partial charge in [0, 0.05) is 11.8 Å². The lowest BCUT2D eigenvalue weighted by Crippen LogP contribution is -2.21. The van der Waals surface area contributed by atoms with E-state index in [1.165, 1.54) is 4.68 Å². The predicted molar refractivity (Wildman–Crippen MR) is 109 cm³/mol. The number of benzene rings is 3. The summed E-state index contributed by atoms with van der Waals surface area (Å²) in [6, 6.07) is 26.4. The van der Waals surface area contributed by atoms with Gasteiger partial charge in [0.1, 0.15) is 0 Å². The van der Waals surface area contributed by atoms with Gasteiger partial charge in [-0.2, -0.15) is 0 Å². The summed E-state index contributed by atoms with van der Waals surface area (Å²) in [6.45, 7) is 0. The van der Waals surface area contributed by atoms with Crippen molar-refractivity contribution in [1.29, 1.82) is 0 Å². The van der Waals surface area contributed by atoms with Crippen LogP contribution < -0.4 is 11.3 Å². The van der Waals surface area contributed by atoms with E-state index < -0.39 is 0 Å². The van der Waals surface area contributed by atoms with Crippen LogP contribution in [0.2, 0.25) is 0 Å². The van der Waals surface area contributed by atoms with E-state index in [-0.39, 0.29) is 5.56 Å². The molecule has 3 N–H and O–H groups in total. The Bertz CT molecular complexity index is 1140. The summed E-state index contributed by atoms with van der Waals surface area (Å²) >= 11 is 0. The molecule has 0 spiro atoms. The molecule has 4 aromatic rings. The number of anilines is 1. The summed E-state index contributed by atoms with van der Waals surface area (Å²) in [4.78, 5) is 17.8. The first-order valence-corrected chi connectivity index (χ1v) is 8.59. The number of nitrogens with two attached hydrogens (primary N) is 1. The van der Waals surface area contributed by atoms with Crippen molar-refractivity contribution in [3.63, 3.8) is 0 Å². The standard InChI is InChI=1S/C22H18N4O/c23-19-13-7-8-14-20(19)25-21(16-9-3-1-4-10-16)18-15-24-26(22(18)27)17-11-5-2-6-12-17/h1-15,24H,23H2. The second-order valence-electron chi connectivity index (χ2n) is 6.05. The molecule has 0 aliphatic rings. The zero-order chi connectivity index (χ0) is 18.6. The largest absolute Gasteiger partial charge is 0.397 e. The fourth-order valence-electron chi connectivity index (χ4n) is 2.89. The molecule has 132 valence electrons. The van der Waals surface area contributed by atoms with Gasteiger partial charge in [-0.1, -0.05) is 60.7 Å². The normalized spacial score (nSPS) is 11.5. The minimum absolute atomic E-state index is 0.168. The number of rotatable bonds is 4. The van der Waals surface area contributed by atoms with E-state index in [9.17, 15) is 4.79 Å². The Morgan fingerprint density at radius 1 is 0.852 bits per heavy atom. The molecule has 0 aliphatic carbocycles. The average molecular weight is 354 g/mol. The van der Waals surface area contributed by atoms with Crippen LogP contribution in [0.1, 0.15) is 11.1 Å². The zero-order valence-electron chi connectivity index (χ0n) is 14.5. The third-order valence-corrected chi connectivity index (χ3v) is 4.26. The molecule has 1 heterocycles. The highest BCUT2D eigenvalue weighted by molar-refractivity contribution is 6.14. The predicted octanol–water partition coefficient (Wildman–Crippen LogP) is 3.92. The summed E-state index contributed by atoms with van der Waals surface area (Å²) in [5, 5.41) is 3.03. The number of para-hydroxylation sites is 3. The molecule has 5 heteroatoms. The van der Waals surface area contributed by atoms with Crippen LogP contribution in [0.4, 0.5) is 11.4 Å². The molecule has 0 amide bonds. The molecule has 0 radical (unpaired) electrons. The van der Waals surface area contributed by atoms with Gasteiger partial charge >= 0.3 is 0 Å². The lowest BCUT2D eigenvalue weighted by molar-refractivity contribution is 0.849. The third kappa shape index (κ3) is 3.30. The molecule has 0 bridgehead atoms. The zero-order valence-corrected chi connectivity index (χ0v) is 14.5. The van der Waals surface area contributed by atoms with Gasteiger partial charge in [-0.05, 0) is 24.3 Å². The molecule has 5 nitrogen and oxygen atoms in total. The summed E-state index contributed by atoms with van der Waals surface area (Å²) in [7, 11) is 0. The number of aromatic nitrogens is 2. The number of aliphatic imine (C=N–C) groups is 1. The second kappa shape index (κ2) is 7.17. The molecule has 3 aromatic carbocycles. The molecule has 0 saturated carbocycles. The smallest absolute Gasteiger partial charge is 0.280 e. The molecule has 0 fully saturated rings. The van der Waals surface area contributed by atoms with Crippen LogP contribution in [-0.4, -0.2) is 15.5 Å². The van der Waals surface area contributed by atoms with Crippen LogP contribution in [0.3, 0.4) is 0 Å². The van der Waals surface area contributed by atoms with Crippen molar-refractivity contribution in [3.05, 3.63) is 113 Å². The van der Waals surface area contributed by atoms with Crippen LogP contribution in [0.15, 0.2) is 101 Å². The van der Waals surface area contributed by atoms with Crippen molar-refractivity contribution in [2.45, 2.75) is 0 Å². The van der Waals surface area contributed by atoms with Crippen molar-refractivity contribution < 1.29 is 0 Å². The molecule has 0 saturated heterocycles. The van der Waals surface area contributed by atoms with Crippen molar-refractivity contribution in [2.24, 2.45) is 4.99 Å². The monoisotopic (exact) mass is 354 g/mol. The maximum atomic E-state index is 13.1. The number of hydrogen-bond acceptors (Lipinski definition) is 3. The Balaban J connectivity index is 1.90. The topological polar surface area (TPSA) is 76.2 Å². The summed E-state index contributed by atoms with van der Waals surface area (Å²) in [5.41, 5.74) is 9.74. The molecule has 4 rings (SSSR count). The van der Waals surface area contributed by atoms with E-state index in [1.807, 2.05) is 78.9 Å². The number of H-pyrrole nitrogens is 1. The van der Waals surface area contributed by atoms with Crippen molar-refractivity contribution in [1.82, 2.24) is 9.78 Å². The molecule has 0 aliphatic heterocycles. The van der Waals surface area contributed by atoms with E-state index in [0.717, 1.165) is 11.3 Å². The van der Waals surface area contributed by atoms with Crippen LogP contribution >= 0.6 is 0 Å². The van der Waals surface area contributed by atoms with Crippen LogP contribution in [0.25, 0.3) is 5.69 Å². The minimum Gasteiger partial charge on any atom is -0.397 e. The quantitative estimate of drug-likeness (QED) is 0.430. The SMILES string of the molecule is Nc1ccccc1N=C(c1ccccc1)c1c[nH]n(-c2ccccc2)c1=O. The molecule has 0 atom stereocenters.